The van der Waals surface area contributed by atoms with Gasteiger partial charge in [0.2, 0.25) is 0 Å². The average Bonchev–Trinajstić information content (AvgIpc) is 2.18. The van der Waals surface area contributed by atoms with Crippen molar-refractivity contribution in [1.29, 1.82) is 0 Å². The summed E-state index contributed by atoms with van der Waals surface area (Å²) >= 11 is 0. The van der Waals surface area contributed by atoms with Crippen LogP contribution in [0, 0.1) is 5.92 Å². The average molecular weight is 166 g/mol. The molecule has 0 aromatic carbocycles. The van der Waals surface area contributed by atoms with Crippen molar-refractivity contribution in [1.82, 2.24) is 0 Å². The molecule has 0 heterocycles. The molecule has 0 aliphatic heterocycles. The van der Waals surface area contributed by atoms with Crippen LogP contribution in [0.25, 0.3) is 0 Å². The minimum absolute atomic E-state index is 0. The van der Waals surface area contributed by atoms with Crippen LogP contribution in [0.4, 0.5) is 0 Å². The summed E-state index contributed by atoms with van der Waals surface area (Å²) in [7, 11) is 1.74. The Kier molecular flexibility index (Phi) is 5.04. The molecule has 1 aliphatic rings. The van der Waals surface area contributed by atoms with E-state index < -0.39 is 0 Å². The van der Waals surface area contributed by atoms with Crippen LogP contribution in [0.1, 0.15) is 19.3 Å². The Balaban J connectivity index is 0.000000810. The van der Waals surface area contributed by atoms with Gasteiger partial charge in [-0.1, -0.05) is 6.42 Å². The van der Waals surface area contributed by atoms with Gasteiger partial charge in [0.15, 0.2) is 0 Å². The molecule has 2 N–H and O–H groups in total. The second-order valence-corrected chi connectivity index (χ2v) is 2.81. The third kappa shape index (κ3) is 2.45. The van der Waals surface area contributed by atoms with Crippen LogP contribution in [0.2, 0.25) is 0 Å². The van der Waals surface area contributed by atoms with Crippen LogP contribution in [-0.4, -0.2) is 19.8 Å². The summed E-state index contributed by atoms with van der Waals surface area (Å²) in [5, 5.41) is 0. The lowest BCUT2D eigenvalue weighted by Crippen LogP contribution is -2.27. The van der Waals surface area contributed by atoms with Gasteiger partial charge in [-0.2, -0.15) is 0 Å². The summed E-state index contributed by atoms with van der Waals surface area (Å²) in [6, 6.07) is 0.407. The van der Waals surface area contributed by atoms with Gasteiger partial charge in [-0.15, -0.1) is 12.4 Å². The smallest absolute Gasteiger partial charge is 0.0505 e. The lowest BCUT2D eigenvalue weighted by atomic mass is 10.1. The van der Waals surface area contributed by atoms with E-state index in [0.717, 1.165) is 6.61 Å². The molecule has 3 heteroatoms. The van der Waals surface area contributed by atoms with E-state index in [1.54, 1.807) is 7.11 Å². The highest BCUT2D eigenvalue weighted by molar-refractivity contribution is 5.85. The molecule has 62 valence electrons. The molecule has 0 amide bonds. The minimum Gasteiger partial charge on any atom is -0.384 e. The van der Waals surface area contributed by atoms with Crippen molar-refractivity contribution >= 4 is 12.4 Å². The van der Waals surface area contributed by atoms with Gasteiger partial charge in [-0.05, 0) is 18.8 Å². The van der Waals surface area contributed by atoms with Crippen molar-refractivity contribution in [2.75, 3.05) is 13.7 Å². The van der Waals surface area contributed by atoms with Crippen molar-refractivity contribution in [3.8, 4) is 0 Å². The van der Waals surface area contributed by atoms with E-state index in [1.807, 2.05) is 0 Å². The highest BCUT2D eigenvalue weighted by Crippen LogP contribution is 2.23. The van der Waals surface area contributed by atoms with Crippen LogP contribution >= 0.6 is 12.4 Å². The Morgan fingerprint density at radius 1 is 1.50 bits per heavy atom. The minimum atomic E-state index is 0. The summed E-state index contributed by atoms with van der Waals surface area (Å²) < 4.78 is 5.02. The molecule has 0 saturated heterocycles. The molecule has 1 aliphatic carbocycles. The highest BCUT2D eigenvalue weighted by atomic mass is 35.5. The molecular formula is C7H16ClNO. The summed E-state index contributed by atoms with van der Waals surface area (Å²) in [5.41, 5.74) is 5.79. The highest BCUT2D eigenvalue weighted by Gasteiger charge is 2.22. The Labute approximate surface area is 68.5 Å². The molecule has 0 unspecified atom stereocenters. The van der Waals surface area contributed by atoms with E-state index in [1.165, 1.54) is 19.3 Å². The standard InChI is InChI=1S/C7H15NO.ClH/c1-9-5-6-3-2-4-7(6)8;/h6-7H,2-5,8H2,1H3;1H/t6-,7-;/m0./s1. The van der Waals surface area contributed by atoms with Gasteiger partial charge in [-0.25, -0.2) is 0 Å². The molecule has 0 bridgehead atoms. The molecule has 1 fully saturated rings. The van der Waals surface area contributed by atoms with Crippen molar-refractivity contribution in [2.24, 2.45) is 11.7 Å². The van der Waals surface area contributed by atoms with Gasteiger partial charge in [0.25, 0.3) is 0 Å². The van der Waals surface area contributed by atoms with Crippen LogP contribution in [0.5, 0.6) is 0 Å². The first-order chi connectivity index (χ1) is 4.34. The van der Waals surface area contributed by atoms with Gasteiger partial charge >= 0.3 is 0 Å². The van der Waals surface area contributed by atoms with Crippen LogP contribution < -0.4 is 5.73 Å². The summed E-state index contributed by atoms with van der Waals surface area (Å²) in [5.74, 6) is 0.634. The Bertz CT molecular complexity index is 89.7. The normalized spacial score (nSPS) is 31.8. The second-order valence-electron chi connectivity index (χ2n) is 2.81. The van der Waals surface area contributed by atoms with Gasteiger partial charge in [0.1, 0.15) is 0 Å². The molecule has 0 radical (unpaired) electrons. The summed E-state index contributed by atoms with van der Waals surface area (Å²) in [4.78, 5) is 0. The summed E-state index contributed by atoms with van der Waals surface area (Å²) in [6.45, 7) is 0.848. The molecular weight excluding hydrogens is 150 g/mol. The zero-order valence-electron chi connectivity index (χ0n) is 6.38. The lowest BCUT2D eigenvalue weighted by molar-refractivity contribution is 0.148. The van der Waals surface area contributed by atoms with Crippen LogP contribution in [0.15, 0.2) is 0 Å². The molecule has 2 nitrogen and oxygen atoms in total. The van der Waals surface area contributed by atoms with Crippen molar-refractivity contribution in [3.63, 3.8) is 0 Å². The first-order valence-corrected chi connectivity index (χ1v) is 3.59. The Morgan fingerprint density at radius 3 is 2.60 bits per heavy atom. The first-order valence-electron chi connectivity index (χ1n) is 3.59. The maximum Gasteiger partial charge on any atom is 0.0505 e. The Hall–Kier alpha value is 0.210. The van der Waals surface area contributed by atoms with Gasteiger partial charge in [0.05, 0.1) is 6.61 Å². The molecule has 0 aromatic heterocycles. The number of hydrogen-bond acceptors (Lipinski definition) is 2. The van der Waals surface area contributed by atoms with E-state index in [-0.39, 0.29) is 12.4 Å². The SMILES string of the molecule is COC[C@@H]1CCC[C@@H]1N.Cl. The molecule has 1 saturated carbocycles. The van der Waals surface area contributed by atoms with E-state index in [0.29, 0.717) is 12.0 Å². The maximum absolute atomic E-state index is 5.79. The topological polar surface area (TPSA) is 35.2 Å². The number of methoxy groups -OCH3 is 1. The van der Waals surface area contributed by atoms with Gasteiger partial charge < -0.3 is 10.5 Å². The molecule has 1 rings (SSSR count). The van der Waals surface area contributed by atoms with E-state index >= 15 is 0 Å². The molecule has 10 heavy (non-hydrogen) atoms. The number of halogens is 1. The second kappa shape index (κ2) is 4.94. The number of ether oxygens (including phenoxy) is 1. The Morgan fingerprint density at radius 2 is 2.20 bits per heavy atom. The van der Waals surface area contributed by atoms with E-state index in [4.69, 9.17) is 10.5 Å². The molecule has 2 atom stereocenters. The third-order valence-electron chi connectivity index (χ3n) is 2.10. The van der Waals surface area contributed by atoms with Gasteiger partial charge in [0, 0.05) is 13.2 Å². The van der Waals surface area contributed by atoms with Crippen molar-refractivity contribution < 1.29 is 4.74 Å². The van der Waals surface area contributed by atoms with Crippen LogP contribution in [0.3, 0.4) is 0 Å². The van der Waals surface area contributed by atoms with E-state index in [2.05, 4.69) is 0 Å². The van der Waals surface area contributed by atoms with Gasteiger partial charge in [-0.3, -0.25) is 0 Å². The quantitative estimate of drug-likeness (QED) is 0.667. The predicted molar refractivity (Wildman–Crippen MR) is 44.4 cm³/mol. The summed E-state index contributed by atoms with van der Waals surface area (Å²) in [6.07, 6.45) is 3.73. The fraction of sp³-hybridized carbons (Fsp3) is 1.00. The fourth-order valence-corrected chi connectivity index (χ4v) is 1.49. The van der Waals surface area contributed by atoms with Crippen molar-refractivity contribution in [2.45, 2.75) is 25.3 Å². The number of rotatable bonds is 2. The molecule has 0 aromatic rings. The third-order valence-corrected chi connectivity index (χ3v) is 2.10. The number of nitrogens with two attached hydrogens (primary N) is 1. The first kappa shape index (κ1) is 10.2. The zero-order chi connectivity index (χ0) is 6.69. The number of hydrogen-bond donors (Lipinski definition) is 1. The van der Waals surface area contributed by atoms with E-state index in [9.17, 15) is 0 Å². The molecule has 0 spiro atoms. The zero-order valence-corrected chi connectivity index (χ0v) is 7.19. The maximum atomic E-state index is 5.79. The lowest BCUT2D eigenvalue weighted by Gasteiger charge is -2.12. The monoisotopic (exact) mass is 165 g/mol. The van der Waals surface area contributed by atoms with Crippen LogP contribution in [-0.2, 0) is 4.74 Å². The predicted octanol–water partition coefficient (Wildman–Crippen LogP) is 1.18. The fourth-order valence-electron chi connectivity index (χ4n) is 1.49. The largest absolute Gasteiger partial charge is 0.384 e. The van der Waals surface area contributed by atoms with Crippen molar-refractivity contribution in [3.05, 3.63) is 0 Å².